The number of anilines is 3. The van der Waals surface area contributed by atoms with Gasteiger partial charge in [0.15, 0.2) is 0 Å². The molecule has 29 heavy (non-hydrogen) atoms. The highest BCUT2D eigenvalue weighted by Crippen LogP contribution is 2.24. The standard InChI is InChI=1S/C21H26FN3O3S/c1-16(25(29(2,27)28)20-8-6-7-17(22)15-20)21(26)23-18-9-11-19(12-10-18)24-13-4-3-5-14-24/h6-12,15-16H,3-5,13-14H2,1-2H3,(H,23,26)/t16-/m1/s1. The van der Waals surface area contributed by atoms with E-state index in [0.29, 0.717) is 5.69 Å². The molecule has 0 aliphatic carbocycles. The molecule has 6 nitrogen and oxygen atoms in total. The number of sulfonamides is 1. The molecule has 1 aliphatic rings. The van der Waals surface area contributed by atoms with Crippen LogP contribution in [-0.4, -0.2) is 39.7 Å². The largest absolute Gasteiger partial charge is 0.372 e. The van der Waals surface area contributed by atoms with E-state index >= 15 is 0 Å². The van der Waals surface area contributed by atoms with E-state index in [2.05, 4.69) is 10.2 Å². The minimum atomic E-state index is -3.79. The molecule has 0 unspecified atom stereocenters. The molecule has 0 saturated carbocycles. The smallest absolute Gasteiger partial charge is 0.247 e. The minimum Gasteiger partial charge on any atom is -0.372 e. The molecule has 1 heterocycles. The molecule has 2 aromatic rings. The Kier molecular flexibility index (Phi) is 6.42. The van der Waals surface area contributed by atoms with Gasteiger partial charge in [0, 0.05) is 24.5 Å². The Morgan fingerprint density at radius 3 is 2.34 bits per heavy atom. The fourth-order valence-corrected chi connectivity index (χ4v) is 4.74. The summed E-state index contributed by atoms with van der Waals surface area (Å²) in [6, 6.07) is 11.7. The number of piperidine rings is 1. The third-order valence-corrected chi connectivity index (χ3v) is 6.25. The van der Waals surface area contributed by atoms with Crippen LogP contribution >= 0.6 is 0 Å². The van der Waals surface area contributed by atoms with Crippen molar-refractivity contribution in [3.8, 4) is 0 Å². The molecular formula is C21H26FN3O3S. The van der Waals surface area contributed by atoms with Crippen LogP contribution in [0.4, 0.5) is 21.5 Å². The lowest BCUT2D eigenvalue weighted by Crippen LogP contribution is -2.45. The molecule has 1 saturated heterocycles. The highest BCUT2D eigenvalue weighted by Gasteiger charge is 2.29. The number of nitrogens with one attached hydrogen (secondary N) is 1. The van der Waals surface area contributed by atoms with Crippen LogP contribution in [0, 0.1) is 5.82 Å². The third kappa shape index (κ3) is 5.26. The Bertz CT molecular complexity index is 957. The summed E-state index contributed by atoms with van der Waals surface area (Å²) in [4.78, 5) is 15.0. The number of hydrogen-bond donors (Lipinski definition) is 1. The van der Waals surface area contributed by atoms with E-state index in [1.54, 1.807) is 0 Å². The van der Waals surface area contributed by atoms with Crippen molar-refractivity contribution in [1.82, 2.24) is 0 Å². The lowest BCUT2D eigenvalue weighted by Gasteiger charge is -2.29. The molecule has 1 N–H and O–H groups in total. The molecule has 0 spiro atoms. The number of carbonyl (C=O) groups excluding carboxylic acids is 1. The molecule has 8 heteroatoms. The summed E-state index contributed by atoms with van der Waals surface area (Å²) in [6.45, 7) is 3.53. The van der Waals surface area contributed by atoms with Crippen molar-refractivity contribution in [2.24, 2.45) is 0 Å². The number of benzene rings is 2. The Balaban J connectivity index is 1.74. The average Bonchev–Trinajstić information content (AvgIpc) is 2.68. The number of amides is 1. The van der Waals surface area contributed by atoms with E-state index in [9.17, 15) is 17.6 Å². The Labute approximate surface area is 171 Å². The summed E-state index contributed by atoms with van der Waals surface area (Å²) < 4.78 is 39.1. The molecule has 2 aromatic carbocycles. The van der Waals surface area contributed by atoms with Crippen molar-refractivity contribution in [3.63, 3.8) is 0 Å². The normalized spacial score (nSPS) is 15.6. The summed E-state index contributed by atoms with van der Waals surface area (Å²) in [7, 11) is -3.79. The van der Waals surface area contributed by atoms with Crippen molar-refractivity contribution in [2.75, 3.05) is 33.9 Å². The number of carbonyl (C=O) groups is 1. The molecule has 0 aromatic heterocycles. The predicted molar refractivity (Wildman–Crippen MR) is 114 cm³/mol. The second kappa shape index (κ2) is 8.82. The van der Waals surface area contributed by atoms with Crippen molar-refractivity contribution >= 4 is 33.0 Å². The van der Waals surface area contributed by atoms with Crippen LogP contribution in [0.3, 0.4) is 0 Å². The highest BCUT2D eigenvalue weighted by atomic mass is 32.2. The van der Waals surface area contributed by atoms with E-state index < -0.39 is 27.8 Å². The summed E-state index contributed by atoms with van der Waals surface area (Å²) in [5.74, 6) is -1.07. The molecule has 0 radical (unpaired) electrons. The Hall–Kier alpha value is -2.61. The highest BCUT2D eigenvalue weighted by molar-refractivity contribution is 7.92. The van der Waals surface area contributed by atoms with Crippen LogP contribution in [0.1, 0.15) is 26.2 Å². The zero-order valence-electron chi connectivity index (χ0n) is 16.6. The van der Waals surface area contributed by atoms with Gasteiger partial charge in [0.1, 0.15) is 11.9 Å². The number of nitrogens with zero attached hydrogens (tertiary/aromatic N) is 2. The first-order chi connectivity index (χ1) is 13.8. The SMILES string of the molecule is C[C@H](C(=O)Nc1ccc(N2CCCCC2)cc1)N(c1cccc(F)c1)S(C)(=O)=O. The van der Waals surface area contributed by atoms with Crippen molar-refractivity contribution < 1.29 is 17.6 Å². The number of hydrogen-bond acceptors (Lipinski definition) is 4. The maximum Gasteiger partial charge on any atom is 0.247 e. The topological polar surface area (TPSA) is 69.7 Å². The molecule has 1 atom stereocenters. The summed E-state index contributed by atoms with van der Waals surface area (Å²) in [6.07, 6.45) is 4.61. The minimum absolute atomic E-state index is 0.107. The Morgan fingerprint density at radius 1 is 1.10 bits per heavy atom. The maximum atomic E-state index is 13.6. The van der Waals surface area contributed by atoms with Gasteiger partial charge in [0.25, 0.3) is 0 Å². The van der Waals surface area contributed by atoms with Gasteiger partial charge in [-0.1, -0.05) is 6.07 Å². The van der Waals surface area contributed by atoms with Gasteiger partial charge < -0.3 is 10.2 Å². The van der Waals surface area contributed by atoms with Crippen LogP contribution in [0.15, 0.2) is 48.5 Å². The molecule has 1 amide bonds. The van der Waals surface area contributed by atoms with E-state index in [4.69, 9.17) is 0 Å². The van der Waals surface area contributed by atoms with Crippen LogP contribution in [0.5, 0.6) is 0 Å². The van der Waals surface area contributed by atoms with E-state index in [-0.39, 0.29) is 5.69 Å². The van der Waals surface area contributed by atoms with E-state index in [1.165, 1.54) is 44.4 Å². The van der Waals surface area contributed by atoms with Gasteiger partial charge in [-0.25, -0.2) is 12.8 Å². The molecule has 1 aliphatic heterocycles. The van der Waals surface area contributed by atoms with Gasteiger partial charge in [0.05, 0.1) is 11.9 Å². The number of halogens is 1. The van der Waals surface area contributed by atoms with Crippen LogP contribution in [-0.2, 0) is 14.8 Å². The fraction of sp³-hybridized carbons (Fsp3) is 0.381. The van der Waals surface area contributed by atoms with Gasteiger partial charge >= 0.3 is 0 Å². The van der Waals surface area contributed by atoms with Gasteiger partial charge in [-0.15, -0.1) is 0 Å². The quantitative estimate of drug-likeness (QED) is 0.777. The van der Waals surface area contributed by atoms with Crippen LogP contribution in [0.2, 0.25) is 0 Å². The fourth-order valence-electron chi connectivity index (χ4n) is 3.58. The van der Waals surface area contributed by atoms with Crippen molar-refractivity contribution in [1.29, 1.82) is 0 Å². The number of rotatable bonds is 6. The summed E-state index contributed by atoms with van der Waals surface area (Å²) in [5, 5.41) is 2.75. The second-order valence-electron chi connectivity index (χ2n) is 7.30. The zero-order chi connectivity index (χ0) is 21.0. The maximum absolute atomic E-state index is 13.6. The second-order valence-corrected chi connectivity index (χ2v) is 9.16. The van der Waals surface area contributed by atoms with Gasteiger partial charge in [0.2, 0.25) is 15.9 Å². The predicted octanol–water partition coefficient (Wildman–Crippen LogP) is 3.61. The lowest BCUT2D eigenvalue weighted by molar-refractivity contribution is -0.116. The van der Waals surface area contributed by atoms with E-state index in [0.717, 1.165) is 35.4 Å². The van der Waals surface area contributed by atoms with E-state index in [1.807, 2.05) is 24.3 Å². The summed E-state index contributed by atoms with van der Waals surface area (Å²) in [5.41, 5.74) is 1.79. The third-order valence-electron chi connectivity index (χ3n) is 5.01. The molecule has 0 bridgehead atoms. The first-order valence-corrected chi connectivity index (χ1v) is 11.5. The monoisotopic (exact) mass is 419 g/mol. The van der Waals surface area contributed by atoms with Gasteiger partial charge in [-0.2, -0.15) is 0 Å². The first kappa shape index (κ1) is 21.1. The van der Waals surface area contributed by atoms with Crippen LogP contribution < -0.4 is 14.5 Å². The van der Waals surface area contributed by atoms with Gasteiger partial charge in [-0.3, -0.25) is 9.10 Å². The summed E-state index contributed by atoms with van der Waals surface area (Å²) >= 11 is 0. The lowest BCUT2D eigenvalue weighted by atomic mass is 10.1. The molecule has 156 valence electrons. The van der Waals surface area contributed by atoms with Gasteiger partial charge in [-0.05, 0) is 68.7 Å². The average molecular weight is 420 g/mol. The van der Waals surface area contributed by atoms with Crippen molar-refractivity contribution in [2.45, 2.75) is 32.2 Å². The Morgan fingerprint density at radius 2 is 1.76 bits per heavy atom. The molecule has 1 fully saturated rings. The zero-order valence-corrected chi connectivity index (χ0v) is 17.5. The molecule has 3 rings (SSSR count). The van der Waals surface area contributed by atoms with Crippen molar-refractivity contribution in [3.05, 3.63) is 54.3 Å². The molecular weight excluding hydrogens is 393 g/mol. The first-order valence-electron chi connectivity index (χ1n) is 9.66. The van der Waals surface area contributed by atoms with Crippen LogP contribution in [0.25, 0.3) is 0 Å².